The Morgan fingerprint density at radius 1 is 1.17 bits per heavy atom. The molecule has 3 rings (SSSR count). The fourth-order valence-electron chi connectivity index (χ4n) is 2.94. The highest BCUT2D eigenvalue weighted by atomic mass is 35.5. The van der Waals surface area contributed by atoms with Crippen LogP contribution in [0.15, 0.2) is 48.8 Å². The lowest BCUT2D eigenvalue weighted by Crippen LogP contribution is -2.41. The molecule has 7 nitrogen and oxygen atoms in total. The number of rotatable bonds is 9. The van der Waals surface area contributed by atoms with Gasteiger partial charge in [0.15, 0.2) is 0 Å². The van der Waals surface area contributed by atoms with Crippen molar-refractivity contribution in [1.29, 1.82) is 0 Å². The molecule has 0 aliphatic heterocycles. The fraction of sp³-hybridized carbons (Fsp3) is 0.333. The van der Waals surface area contributed by atoms with Gasteiger partial charge in [-0.25, -0.2) is 9.07 Å². The van der Waals surface area contributed by atoms with Gasteiger partial charge in [0.25, 0.3) is 5.91 Å². The molecule has 2 aromatic carbocycles. The third-order valence-corrected chi connectivity index (χ3v) is 4.87. The third kappa shape index (κ3) is 5.84. The summed E-state index contributed by atoms with van der Waals surface area (Å²) in [7, 11) is 0. The lowest BCUT2D eigenvalue weighted by Gasteiger charge is -2.16. The Kier molecular flexibility index (Phi) is 7.48. The highest BCUT2D eigenvalue weighted by molar-refractivity contribution is 6.18. The van der Waals surface area contributed by atoms with Crippen LogP contribution in [0.3, 0.4) is 0 Å². The van der Waals surface area contributed by atoms with Crippen LogP contribution in [0.25, 0.3) is 16.8 Å². The van der Waals surface area contributed by atoms with Crippen molar-refractivity contribution in [3.05, 3.63) is 59.9 Å². The largest absolute Gasteiger partial charge is 0.348 e. The van der Waals surface area contributed by atoms with Crippen LogP contribution in [-0.4, -0.2) is 57.3 Å². The molecule has 9 heteroatoms. The molecule has 1 aromatic heterocycles. The molecule has 1 unspecified atom stereocenters. The van der Waals surface area contributed by atoms with Crippen molar-refractivity contribution in [2.24, 2.45) is 0 Å². The Hall–Kier alpha value is -2.84. The normalized spacial score (nSPS) is 13.1. The van der Waals surface area contributed by atoms with Crippen LogP contribution in [-0.2, 0) is 0 Å². The molecule has 2 atom stereocenters. The van der Waals surface area contributed by atoms with Crippen molar-refractivity contribution in [3.8, 4) is 16.8 Å². The highest BCUT2D eigenvalue weighted by Crippen LogP contribution is 2.24. The number of aromatic nitrogens is 4. The number of carbonyl (C=O) groups is 1. The van der Waals surface area contributed by atoms with E-state index in [1.54, 1.807) is 6.07 Å². The van der Waals surface area contributed by atoms with E-state index in [1.807, 2.05) is 50.2 Å². The van der Waals surface area contributed by atoms with Crippen molar-refractivity contribution in [3.63, 3.8) is 0 Å². The van der Waals surface area contributed by atoms with Crippen molar-refractivity contribution in [2.75, 3.05) is 19.0 Å². The Bertz CT molecular complexity index is 964. The van der Waals surface area contributed by atoms with E-state index in [4.69, 9.17) is 11.6 Å². The Balaban J connectivity index is 1.80. The molecule has 1 amide bonds. The summed E-state index contributed by atoms with van der Waals surface area (Å²) in [5, 5.41) is 17.2. The number of hydrogen-bond donors (Lipinski definition) is 2. The minimum absolute atomic E-state index is 0.0561. The Morgan fingerprint density at radius 3 is 2.60 bits per heavy atom. The summed E-state index contributed by atoms with van der Waals surface area (Å²) in [6.07, 6.45) is 0.367. The maximum atomic E-state index is 13.2. The standard InChI is InChI=1S/C21H24ClFN6O/c1-14-3-5-16(6-4-14)17-7-18(9-20(8-17)29-13-25-27-28-29)21(30)26-15(2)11-24-12-19(23)10-22/h3-9,13,15,19,24H,10-12H2,1-2H3,(H,26,30)/t15-,19?/m1/s1. The van der Waals surface area contributed by atoms with E-state index >= 15 is 0 Å². The Morgan fingerprint density at radius 2 is 1.93 bits per heavy atom. The number of halogens is 2. The maximum Gasteiger partial charge on any atom is 0.251 e. The molecule has 158 valence electrons. The number of aryl methyl sites for hydroxylation is 1. The number of benzene rings is 2. The SMILES string of the molecule is Cc1ccc(-c2cc(C(=O)N[C@H](C)CNCC(F)CCl)cc(-n3cnnn3)c2)cc1. The number of nitrogens with zero attached hydrogens (tertiary/aromatic N) is 4. The van der Waals surface area contributed by atoms with Gasteiger partial charge in [-0.15, -0.1) is 16.7 Å². The van der Waals surface area contributed by atoms with E-state index in [2.05, 4.69) is 26.2 Å². The van der Waals surface area contributed by atoms with Gasteiger partial charge in [-0.1, -0.05) is 29.8 Å². The van der Waals surface area contributed by atoms with Crippen LogP contribution in [0.2, 0.25) is 0 Å². The van der Waals surface area contributed by atoms with Crippen LogP contribution in [0, 0.1) is 6.92 Å². The summed E-state index contributed by atoms with van der Waals surface area (Å²) in [6, 6.07) is 13.3. The topological polar surface area (TPSA) is 84.7 Å². The van der Waals surface area contributed by atoms with E-state index in [9.17, 15) is 9.18 Å². The summed E-state index contributed by atoms with van der Waals surface area (Å²) in [4.78, 5) is 12.9. The molecule has 3 aromatic rings. The van der Waals surface area contributed by atoms with E-state index in [0.29, 0.717) is 17.8 Å². The molecular formula is C21H24ClFN6O. The smallest absolute Gasteiger partial charge is 0.251 e. The number of tetrazole rings is 1. The predicted octanol–water partition coefficient (Wildman–Crippen LogP) is 2.92. The summed E-state index contributed by atoms with van der Waals surface area (Å²) in [5.41, 5.74) is 4.17. The fourth-order valence-corrected chi connectivity index (χ4v) is 3.05. The molecule has 30 heavy (non-hydrogen) atoms. The van der Waals surface area contributed by atoms with Gasteiger partial charge in [-0.2, -0.15) is 0 Å². The first kappa shape index (κ1) is 21.9. The second kappa shape index (κ2) is 10.3. The number of nitrogens with one attached hydrogen (secondary N) is 2. The van der Waals surface area contributed by atoms with E-state index in [0.717, 1.165) is 16.7 Å². The van der Waals surface area contributed by atoms with Gasteiger partial charge in [0.2, 0.25) is 0 Å². The molecular weight excluding hydrogens is 407 g/mol. The first-order chi connectivity index (χ1) is 14.5. The van der Waals surface area contributed by atoms with Gasteiger partial charge in [-0.3, -0.25) is 4.79 Å². The minimum Gasteiger partial charge on any atom is -0.348 e. The van der Waals surface area contributed by atoms with Crippen LogP contribution >= 0.6 is 11.6 Å². The zero-order valence-electron chi connectivity index (χ0n) is 16.8. The average molecular weight is 431 g/mol. The molecule has 0 aliphatic rings. The molecule has 1 heterocycles. The highest BCUT2D eigenvalue weighted by Gasteiger charge is 2.14. The van der Waals surface area contributed by atoms with Crippen molar-refractivity contribution in [2.45, 2.75) is 26.1 Å². The van der Waals surface area contributed by atoms with Crippen LogP contribution in [0.5, 0.6) is 0 Å². The summed E-state index contributed by atoms with van der Waals surface area (Å²) < 4.78 is 14.7. The first-order valence-corrected chi connectivity index (χ1v) is 10.2. The van der Waals surface area contributed by atoms with E-state index in [1.165, 1.54) is 11.0 Å². The maximum absolute atomic E-state index is 13.2. The van der Waals surface area contributed by atoms with Crippen LogP contribution in [0.1, 0.15) is 22.8 Å². The molecule has 0 fully saturated rings. The molecule has 0 saturated carbocycles. The summed E-state index contributed by atoms with van der Waals surface area (Å²) in [6.45, 7) is 4.45. The zero-order chi connectivity index (χ0) is 21.5. The van der Waals surface area contributed by atoms with Gasteiger partial charge in [0, 0.05) is 24.7 Å². The van der Waals surface area contributed by atoms with Gasteiger partial charge in [0.1, 0.15) is 12.5 Å². The van der Waals surface area contributed by atoms with Gasteiger partial charge >= 0.3 is 0 Å². The molecule has 0 saturated heterocycles. The number of carbonyl (C=O) groups excluding carboxylic acids is 1. The molecule has 0 bridgehead atoms. The third-order valence-electron chi connectivity index (χ3n) is 4.54. The average Bonchev–Trinajstić information content (AvgIpc) is 3.28. The quantitative estimate of drug-likeness (QED) is 0.510. The van der Waals surface area contributed by atoms with Gasteiger partial charge < -0.3 is 10.6 Å². The Labute approximate surface area is 179 Å². The molecule has 2 N–H and O–H groups in total. The van der Waals surface area contributed by atoms with E-state index < -0.39 is 6.17 Å². The number of alkyl halides is 2. The number of amides is 1. The van der Waals surface area contributed by atoms with Crippen molar-refractivity contribution in [1.82, 2.24) is 30.8 Å². The lowest BCUT2D eigenvalue weighted by molar-refractivity contribution is 0.0939. The van der Waals surface area contributed by atoms with Gasteiger partial charge in [0.05, 0.1) is 11.6 Å². The first-order valence-electron chi connectivity index (χ1n) is 9.63. The second-order valence-electron chi connectivity index (χ2n) is 7.17. The van der Waals surface area contributed by atoms with E-state index in [-0.39, 0.29) is 24.4 Å². The van der Waals surface area contributed by atoms with Crippen molar-refractivity contribution < 1.29 is 9.18 Å². The summed E-state index contributed by atoms with van der Waals surface area (Å²) in [5.74, 6) is -0.291. The van der Waals surface area contributed by atoms with Gasteiger partial charge in [-0.05, 0) is 53.6 Å². The second-order valence-corrected chi connectivity index (χ2v) is 7.48. The minimum atomic E-state index is -1.11. The molecule has 0 aliphatic carbocycles. The molecule has 0 spiro atoms. The van der Waals surface area contributed by atoms with Crippen LogP contribution < -0.4 is 10.6 Å². The monoisotopic (exact) mass is 430 g/mol. The zero-order valence-corrected chi connectivity index (χ0v) is 17.6. The van der Waals surface area contributed by atoms with Crippen molar-refractivity contribution >= 4 is 17.5 Å². The predicted molar refractivity (Wildman–Crippen MR) is 115 cm³/mol. The summed E-state index contributed by atoms with van der Waals surface area (Å²) >= 11 is 5.46. The number of hydrogen-bond acceptors (Lipinski definition) is 5. The molecule has 0 radical (unpaired) electrons. The van der Waals surface area contributed by atoms with Crippen LogP contribution in [0.4, 0.5) is 4.39 Å². The lowest BCUT2D eigenvalue weighted by atomic mass is 10.0.